The fourth-order valence-corrected chi connectivity index (χ4v) is 6.88. The summed E-state index contributed by atoms with van der Waals surface area (Å²) in [6.07, 6.45) is 0.245. The monoisotopic (exact) mass is 554 g/mol. The second-order valence-corrected chi connectivity index (χ2v) is 11.3. The van der Waals surface area contributed by atoms with Crippen LogP contribution in [0, 0.1) is 18.8 Å². The van der Waals surface area contributed by atoms with Gasteiger partial charge in [-0.05, 0) is 57.1 Å². The topological polar surface area (TPSA) is 90.6 Å². The van der Waals surface area contributed by atoms with Crippen molar-refractivity contribution in [3.8, 4) is 11.3 Å². The molecule has 2 aromatic heterocycles. The number of rotatable bonds is 7. The lowest BCUT2D eigenvalue weighted by atomic mass is 9.99. The first-order valence-corrected chi connectivity index (χ1v) is 13.7. The number of methoxy groups -OCH3 is 1. The summed E-state index contributed by atoms with van der Waals surface area (Å²) in [5, 5.41) is 4.12. The Bertz CT molecular complexity index is 1470. The number of carbonyl (C=O) groups is 1. The van der Waals surface area contributed by atoms with Gasteiger partial charge in [0.1, 0.15) is 11.5 Å². The average Bonchev–Trinajstić information content (AvgIpc) is 3.83. The van der Waals surface area contributed by atoms with Gasteiger partial charge >= 0.3 is 12.1 Å². The van der Waals surface area contributed by atoms with Crippen LogP contribution in [0.2, 0.25) is 0 Å². The number of alkyl halides is 3. The highest BCUT2D eigenvalue weighted by Crippen LogP contribution is 2.58. The summed E-state index contributed by atoms with van der Waals surface area (Å²) in [4.78, 5) is 23.6. The molecule has 0 radical (unpaired) electrons. The van der Waals surface area contributed by atoms with Gasteiger partial charge in [0.05, 0.1) is 25.4 Å². The van der Waals surface area contributed by atoms with Crippen LogP contribution in [-0.2, 0) is 22.3 Å². The molecule has 3 aromatic rings. The van der Waals surface area contributed by atoms with E-state index in [9.17, 15) is 18.0 Å². The van der Waals surface area contributed by atoms with Crippen molar-refractivity contribution in [2.24, 2.45) is 11.8 Å². The largest absolute Gasteiger partial charge is 0.464 e. The van der Waals surface area contributed by atoms with E-state index in [4.69, 9.17) is 14.0 Å². The van der Waals surface area contributed by atoms with Crippen LogP contribution in [0.5, 0.6) is 0 Å². The maximum Gasteiger partial charge on any atom is 0.417 e. The van der Waals surface area contributed by atoms with E-state index in [1.165, 1.54) is 19.2 Å². The fraction of sp³-hybridized carbons (Fsp3) is 0.517. The third-order valence-corrected chi connectivity index (χ3v) is 8.83. The molecule has 40 heavy (non-hydrogen) atoms. The maximum absolute atomic E-state index is 13.8. The van der Waals surface area contributed by atoms with E-state index >= 15 is 0 Å². The lowest BCUT2D eigenvalue weighted by Crippen LogP contribution is -2.42. The molecule has 0 N–H and O–H groups in total. The van der Waals surface area contributed by atoms with Gasteiger partial charge in [0, 0.05) is 40.7 Å². The van der Waals surface area contributed by atoms with Crippen molar-refractivity contribution >= 4 is 11.9 Å². The number of hydrogen-bond acceptors (Lipinski definition) is 8. The van der Waals surface area contributed by atoms with Gasteiger partial charge in [-0.3, -0.25) is 0 Å². The number of fused-ring (bicyclic) bond motifs is 4. The zero-order valence-electron chi connectivity index (χ0n) is 22.1. The molecule has 5 atom stereocenters. The van der Waals surface area contributed by atoms with Crippen LogP contribution in [0.1, 0.15) is 71.1 Å². The van der Waals surface area contributed by atoms with E-state index in [2.05, 4.69) is 20.0 Å². The third kappa shape index (κ3) is 4.25. The van der Waals surface area contributed by atoms with Crippen molar-refractivity contribution in [2.75, 3.05) is 12.0 Å². The summed E-state index contributed by atoms with van der Waals surface area (Å²) >= 11 is 0. The van der Waals surface area contributed by atoms with Gasteiger partial charge in [0.15, 0.2) is 5.69 Å². The fourth-order valence-electron chi connectivity index (χ4n) is 6.88. The zero-order chi connectivity index (χ0) is 27.8. The lowest BCUT2D eigenvalue weighted by Gasteiger charge is -2.34. The van der Waals surface area contributed by atoms with E-state index in [0.717, 1.165) is 38.2 Å². The summed E-state index contributed by atoms with van der Waals surface area (Å²) in [6, 6.07) is 7.53. The Labute approximate surface area is 228 Å². The molecule has 7 rings (SSSR count). The number of aryl methyl sites for hydroxylation is 1. The van der Waals surface area contributed by atoms with Gasteiger partial charge in [-0.25, -0.2) is 14.8 Å². The lowest BCUT2D eigenvalue weighted by molar-refractivity contribution is -0.137. The number of hydrogen-bond donors (Lipinski definition) is 0. The molecular weight excluding hydrogens is 525 g/mol. The van der Waals surface area contributed by atoms with Crippen LogP contribution in [-0.4, -0.2) is 46.4 Å². The Balaban J connectivity index is 1.13. The molecule has 1 aromatic carbocycles. The molecule has 5 unspecified atom stereocenters. The second-order valence-electron chi connectivity index (χ2n) is 11.3. The number of benzene rings is 1. The van der Waals surface area contributed by atoms with Crippen molar-refractivity contribution in [1.82, 2.24) is 15.1 Å². The van der Waals surface area contributed by atoms with Crippen LogP contribution in [0.3, 0.4) is 0 Å². The van der Waals surface area contributed by atoms with Crippen molar-refractivity contribution in [1.29, 1.82) is 0 Å². The highest BCUT2D eigenvalue weighted by molar-refractivity contribution is 5.87. The summed E-state index contributed by atoms with van der Waals surface area (Å²) in [5.41, 5.74) is 1.05. The molecule has 0 amide bonds. The smallest absolute Gasteiger partial charge is 0.417 e. The van der Waals surface area contributed by atoms with Crippen LogP contribution < -0.4 is 4.90 Å². The highest BCUT2D eigenvalue weighted by Gasteiger charge is 2.64. The van der Waals surface area contributed by atoms with Gasteiger partial charge in [-0.15, -0.1) is 0 Å². The number of nitrogens with zero attached hydrogens (tertiary/aromatic N) is 4. The minimum atomic E-state index is -4.51. The molecule has 4 fully saturated rings. The Kier molecular flexibility index (Phi) is 5.92. The number of halogens is 3. The van der Waals surface area contributed by atoms with E-state index in [-0.39, 0.29) is 53.6 Å². The molecule has 2 aliphatic carbocycles. The minimum Gasteiger partial charge on any atom is -0.464 e. The zero-order valence-corrected chi connectivity index (χ0v) is 22.1. The second kappa shape index (κ2) is 9.29. The Hall–Kier alpha value is -3.47. The molecule has 2 saturated heterocycles. The molecule has 210 valence electrons. The summed E-state index contributed by atoms with van der Waals surface area (Å²) < 4.78 is 58.4. The molecule has 11 heteroatoms. The van der Waals surface area contributed by atoms with Crippen molar-refractivity contribution in [3.05, 3.63) is 58.6 Å². The Morgan fingerprint density at radius 2 is 1.95 bits per heavy atom. The van der Waals surface area contributed by atoms with Crippen LogP contribution in [0.25, 0.3) is 11.3 Å². The molecule has 4 heterocycles. The summed E-state index contributed by atoms with van der Waals surface area (Å²) in [6.45, 7) is 1.99. The van der Waals surface area contributed by atoms with Crippen LogP contribution in [0.4, 0.5) is 19.1 Å². The minimum absolute atomic E-state index is 0.0145. The van der Waals surface area contributed by atoms with Gasteiger partial charge in [0.25, 0.3) is 0 Å². The Morgan fingerprint density at radius 1 is 1.15 bits per heavy atom. The van der Waals surface area contributed by atoms with E-state index < -0.39 is 17.7 Å². The van der Waals surface area contributed by atoms with Gasteiger partial charge in [-0.2, -0.15) is 13.2 Å². The predicted octanol–water partition coefficient (Wildman–Crippen LogP) is 5.70. The molecule has 8 nitrogen and oxygen atoms in total. The van der Waals surface area contributed by atoms with E-state index in [1.807, 2.05) is 6.92 Å². The normalized spacial score (nSPS) is 27.0. The highest BCUT2D eigenvalue weighted by atomic mass is 19.4. The number of ether oxygens (including phenoxy) is 2. The Morgan fingerprint density at radius 3 is 2.70 bits per heavy atom. The molecule has 4 aliphatic rings. The SMILES string of the molecule is COC(=O)c1cc(C)nc(N2C3CCC2C2C(C3)C2OCc2c(-c3ccccc3C(F)(F)F)noc2C2CC2)n1. The maximum atomic E-state index is 13.8. The third-order valence-electron chi connectivity index (χ3n) is 8.83. The number of aromatic nitrogens is 3. The van der Waals surface area contributed by atoms with E-state index in [0.29, 0.717) is 28.9 Å². The standard InChI is InChI=1S/C29H29F3N4O4/c1-14-11-21(27(37)38-2)34-28(33-14)36-16-9-10-22(36)23-18(12-16)26(23)39-13-19-24(35-40-25(19)15-7-8-15)17-5-3-4-6-20(17)29(30,31)32/h3-6,11,15-16,18,22-23,26H,7-10,12-13H2,1-2H3. The van der Waals surface area contributed by atoms with E-state index in [1.54, 1.807) is 12.1 Å². The molecular formula is C29H29F3N4O4. The van der Waals surface area contributed by atoms with Crippen LogP contribution in [0.15, 0.2) is 34.9 Å². The number of esters is 1. The van der Waals surface area contributed by atoms with Crippen molar-refractivity contribution in [2.45, 2.75) is 75.9 Å². The molecule has 2 saturated carbocycles. The van der Waals surface area contributed by atoms with Gasteiger partial charge < -0.3 is 18.9 Å². The van der Waals surface area contributed by atoms with Gasteiger partial charge in [-0.1, -0.05) is 23.4 Å². The first-order chi connectivity index (χ1) is 19.2. The summed E-state index contributed by atoms with van der Waals surface area (Å²) in [5.74, 6) is 1.49. The van der Waals surface area contributed by atoms with Crippen molar-refractivity contribution in [3.63, 3.8) is 0 Å². The van der Waals surface area contributed by atoms with Crippen LogP contribution >= 0.6 is 0 Å². The number of piperidine rings is 1. The summed E-state index contributed by atoms with van der Waals surface area (Å²) in [7, 11) is 1.33. The molecule has 2 bridgehead atoms. The van der Waals surface area contributed by atoms with Crippen molar-refractivity contribution < 1.29 is 32.0 Å². The average molecular weight is 555 g/mol. The number of anilines is 1. The molecule has 0 spiro atoms. The predicted molar refractivity (Wildman–Crippen MR) is 136 cm³/mol. The molecule has 2 aliphatic heterocycles. The number of carbonyl (C=O) groups excluding carboxylic acids is 1. The first-order valence-electron chi connectivity index (χ1n) is 13.7. The first kappa shape index (κ1) is 25.5. The quantitative estimate of drug-likeness (QED) is 0.344. The van der Waals surface area contributed by atoms with Gasteiger partial charge in [0.2, 0.25) is 5.95 Å².